The first-order chi connectivity index (χ1) is 11.7. The molecule has 4 nitrogen and oxygen atoms in total. The summed E-state index contributed by atoms with van der Waals surface area (Å²) in [5.41, 5.74) is 2.78. The van der Waals surface area contributed by atoms with Gasteiger partial charge in [-0.2, -0.15) is 0 Å². The summed E-state index contributed by atoms with van der Waals surface area (Å²) in [6, 6.07) is 17.7. The monoisotopic (exact) mass is 337 g/mol. The van der Waals surface area contributed by atoms with E-state index in [0.717, 1.165) is 22.1 Å². The zero-order valence-corrected chi connectivity index (χ0v) is 14.5. The van der Waals surface area contributed by atoms with E-state index in [1.165, 1.54) is 0 Å². The van der Waals surface area contributed by atoms with Gasteiger partial charge in [0.05, 0.1) is 0 Å². The van der Waals surface area contributed by atoms with E-state index in [9.17, 15) is 4.79 Å². The lowest BCUT2D eigenvalue weighted by Gasteiger charge is -2.16. The number of nitrogens with one attached hydrogen (secondary N) is 1. The summed E-state index contributed by atoms with van der Waals surface area (Å²) in [5, 5.41) is 5.84. The van der Waals surface area contributed by atoms with Crippen LogP contribution < -0.4 is 10.2 Å². The van der Waals surface area contributed by atoms with Crippen molar-refractivity contribution in [3.63, 3.8) is 0 Å². The van der Waals surface area contributed by atoms with Gasteiger partial charge in [-0.05, 0) is 31.2 Å². The molecule has 0 aliphatic heterocycles. The van der Waals surface area contributed by atoms with Crippen LogP contribution in [0.2, 0.25) is 0 Å². The first-order valence-corrected chi connectivity index (χ1v) is 8.70. The van der Waals surface area contributed by atoms with Crippen LogP contribution in [0.15, 0.2) is 60.0 Å². The minimum absolute atomic E-state index is 0.0493. The lowest BCUT2D eigenvalue weighted by molar-refractivity contribution is 0.0956. The first kappa shape index (κ1) is 16.2. The van der Waals surface area contributed by atoms with Crippen molar-refractivity contribution in [1.29, 1.82) is 0 Å². The van der Waals surface area contributed by atoms with Gasteiger partial charge in [-0.1, -0.05) is 30.3 Å². The molecule has 0 unspecified atom stereocenters. The number of rotatable bonds is 5. The highest BCUT2D eigenvalue weighted by molar-refractivity contribution is 7.13. The van der Waals surface area contributed by atoms with E-state index in [0.29, 0.717) is 12.1 Å². The number of anilines is 2. The number of nitrogens with zero attached hydrogens (tertiary/aromatic N) is 2. The summed E-state index contributed by atoms with van der Waals surface area (Å²) in [4.78, 5) is 18.5. The molecular weight excluding hydrogens is 318 g/mol. The molecule has 0 aliphatic carbocycles. The van der Waals surface area contributed by atoms with Crippen LogP contribution in [-0.2, 0) is 0 Å². The summed E-state index contributed by atoms with van der Waals surface area (Å²) in [6.45, 7) is 2.54. The largest absolute Gasteiger partial charge is 0.352 e. The molecule has 0 atom stereocenters. The van der Waals surface area contributed by atoms with Gasteiger partial charge < -0.3 is 10.2 Å². The van der Waals surface area contributed by atoms with Crippen LogP contribution in [0, 0.1) is 0 Å². The molecule has 122 valence electrons. The summed E-state index contributed by atoms with van der Waals surface area (Å²) in [7, 11) is 1.98. The molecule has 24 heavy (non-hydrogen) atoms. The summed E-state index contributed by atoms with van der Waals surface area (Å²) >= 11 is 1.62. The maximum absolute atomic E-state index is 11.8. The van der Waals surface area contributed by atoms with Gasteiger partial charge in [-0.25, -0.2) is 4.98 Å². The van der Waals surface area contributed by atoms with Crippen molar-refractivity contribution in [1.82, 2.24) is 10.3 Å². The highest BCUT2D eigenvalue weighted by Crippen LogP contribution is 2.30. The molecule has 2 aromatic carbocycles. The number of carbonyl (C=O) groups excluding carboxylic acids is 1. The minimum atomic E-state index is -0.0493. The molecule has 0 saturated heterocycles. The predicted octanol–water partition coefficient (Wildman–Crippen LogP) is 4.33. The number of hydrogen-bond donors (Lipinski definition) is 1. The Bertz CT molecular complexity index is 812. The van der Waals surface area contributed by atoms with Gasteiger partial charge in [-0.15, -0.1) is 11.3 Å². The van der Waals surface area contributed by atoms with E-state index in [4.69, 9.17) is 4.98 Å². The van der Waals surface area contributed by atoms with Crippen molar-refractivity contribution in [2.75, 3.05) is 18.5 Å². The van der Waals surface area contributed by atoms with Gasteiger partial charge in [0.1, 0.15) is 10.8 Å². The number of benzene rings is 2. The standard InChI is InChI=1S/C19H19N3OS/c1-3-20-18(23)14-9-11-16(12-10-14)22(2)17-13-24-19(21-17)15-7-5-4-6-8-15/h4-13H,3H2,1-2H3,(H,20,23). The number of hydrogen-bond acceptors (Lipinski definition) is 4. The topological polar surface area (TPSA) is 45.2 Å². The molecule has 3 rings (SSSR count). The van der Waals surface area contributed by atoms with Gasteiger partial charge >= 0.3 is 0 Å². The van der Waals surface area contributed by atoms with Crippen molar-refractivity contribution < 1.29 is 4.79 Å². The quantitative estimate of drug-likeness (QED) is 0.754. The maximum atomic E-state index is 11.8. The van der Waals surface area contributed by atoms with Crippen LogP contribution in [0.3, 0.4) is 0 Å². The molecule has 0 bridgehead atoms. The zero-order valence-electron chi connectivity index (χ0n) is 13.7. The number of thiazole rings is 1. The average molecular weight is 337 g/mol. The molecule has 1 N–H and O–H groups in total. The lowest BCUT2D eigenvalue weighted by Crippen LogP contribution is -2.22. The fourth-order valence-corrected chi connectivity index (χ4v) is 3.21. The predicted molar refractivity (Wildman–Crippen MR) is 100 cm³/mol. The van der Waals surface area contributed by atoms with Crippen LogP contribution >= 0.6 is 11.3 Å². The van der Waals surface area contributed by atoms with Crippen molar-refractivity contribution in [2.45, 2.75) is 6.92 Å². The number of aromatic nitrogens is 1. The summed E-state index contributed by atoms with van der Waals surface area (Å²) < 4.78 is 0. The molecule has 1 amide bonds. The Hall–Kier alpha value is -2.66. The Morgan fingerprint density at radius 2 is 1.83 bits per heavy atom. The molecule has 5 heteroatoms. The molecule has 3 aromatic rings. The van der Waals surface area contributed by atoms with Gasteiger partial charge in [-0.3, -0.25) is 4.79 Å². The Labute approximate surface area is 145 Å². The third-order valence-electron chi connectivity index (χ3n) is 3.71. The smallest absolute Gasteiger partial charge is 0.251 e. The second kappa shape index (κ2) is 7.27. The average Bonchev–Trinajstić information content (AvgIpc) is 3.12. The van der Waals surface area contributed by atoms with Crippen LogP contribution in [0.4, 0.5) is 11.5 Å². The summed E-state index contributed by atoms with van der Waals surface area (Å²) in [6.07, 6.45) is 0. The molecule has 1 aromatic heterocycles. The van der Waals surface area contributed by atoms with Gasteiger partial charge in [0.15, 0.2) is 0 Å². The Morgan fingerprint density at radius 3 is 2.50 bits per heavy atom. The normalized spacial score (nSPS) is 10.4. The molecule has 0 radical (unpaired) electrons. The molecule has 0 aliphatic rings. The number of amides is 1. The fraction of sp³-hybridized carbons (Fsp3) is 0.158. The van der Waals surface area contributed by atoms with Crippen LogP contribution in [0.5, 0.6) is 0 Å². The fourth-order valence-electron chi connectivity index (χ4n) is 2.36. The van der Waals surface area contributed by atoms with Crippen molar-refractivity contribution in [2.24, 2.45) is 0 Å². The zero-order chi connectivity index (χ0) is 16.9. The SMILES string of the molecule is CCNC(=O)c1ccc(N(C)c2csc(-c3ccccc3)n2)cc1. The first-order valence-electron chi connectivity index (χ1n) is 7.82. The van der Waals surface area contributed by atoms with E-state index in [-0.39, 0.29) is 5.91 Å². The summed E-state index contributed by atoms with van der Waals surface area (Å²) in [5.74, 6) is 0.844. The van der Waals surface area contributed by atoms with Gasteiger partial charge in [0.25, 0.3) is 5.91 Å². The van der Waals surface area contributed by atoms with E-state index in [2.05, 4.69) is 17.4 Å². The molecule has 1 heterocycles. The lowest BCUT2D eigenvalue weighted by atomic mass is 10.2. The number of carbonyl (C=O) groups is 1. The van der Waals surface area contributed by atoms with Crippen LogP contribution in [-0.4, -0.2) is 24.5 Å². The Balaban J connectivity index is 1.78. The highest BCUT2D eigenvalue weighted by atomic mass is 32.1. The molecule has 0 saturated carbocycles. The second-order valence-electron chi connectivity index (χ2n) is 5.34. The molecular formula is C19H19N3OS. The Morgan fingerprint density at radius 1 is 1.12 bits per heavy atom. The minimum Gasteiger partial charge on any atom is -0.352 e. The molecule has 0 spiro atoms. The van der Waals surface area contributed by atoms with Crippen LogP contribution in [0.25, 0.3) is 10.6 Å². The Kier molecular flexibility index (Phi) is 4.91. The maximum Gasteiger partial charge on any atom is 0.251 e. The van der Waals surface area contributed by atoms with E-state index in [1.807, 2.05) is 66.7 Å². The van der Waals surface area contributed by atoms with Gasteiger partial charge in [0, 0.05) is 35.8 Å². The third kappa shape index (κ3) is 3.46. The second-order valence-corrected chi connectivity index (χ2v) is 6.20. The van der Waals surface area contributed by atoms with E-state index in [1.54, 1.807) is 11.3 Å². The van der Waals surface area contributed by atoms with E-state index >= 15 is 0 Å². The van der Waals surface area contributed by atoms with Gasteiger partial charge in [0.2, 0.25) is 0 Å². The van der Waals surface area contributed by atoms with Crippen molar-refractivity contribution in [3.05, 3.63) is 65.5 Å². The van der Waals surface area contributed by atoms with Crippen molar-refractivity contribution in [3.8, 4) is 10.6 Å². The molecule has 0 fully saturated rings. The highest BCUT2D eigenvalue weighted by Gasteiger charge is 2.11. The van der Waals surface area contributed by atoms with Crippen molar-refractivity contribution >= 4 is 28.7 Å². The third-order valence-corrected chi connectivity index (χ3v) is 4.59. The van der Waals surface area contributed by atoms with Crippen LogP contribution in [0.1, 0.15) is 17.3 Å². The van der Waals surface area contributed by atoms with E-state index < -0.39 is 0 Å².